The summed E-state index contributed by atoms with van der Waals surface area (Å²) in [6.45, 7) is 5.54. The molecule has 6 aromatic rings. The highest BCUT2D eigenvalue weighted by Gasteiger charge is 2.29. The first-order valence-electron chi connectivity index (χ1n) is 17.5. The van der Waals surface area contributed by atoms with Gasteiger partial charge in [0.2, 0.25) is 10.9 Å². The summed E-state index contributed by atoms with van der Waals surface area (Å²) in [5.41, 5.74) is 1.40. The summed E-state index contributed by atoms with van der Waals surface area (Å²) in [6.07, 6.45) is 4.99. The van der Waals surface area contributed by atoms with Gasteiger partial charge in [-0.05, 0) is 68.4 Å². The minimum absolute atomic E-state index is 0.0302. The van der Waals surface area contributed by atoms with Crippen LogP contribution in [0.15, 0.2) is 74.9 Å². The van der Waals surface area contributed by atoms with E-state index in [0.29, 0.717) is 54.3 Å². The van der Waals surface area contributed by atoms with E-state index >= 15 is 8.78 Å². The fourth-order valence-corrected chi connectivity index (χ4v) is 7.35. The Bertz CT molecular complexity index is 2480. The van der Waals surface area contributed by atoms with Gasteiger partial charge in [0.05, 0.1) is 22.4 Å². The summed E-state index contributed by atoms with van der Waals surface area (Å²) in [4.78, 5) is 34.1. The van der Waals surface area contributed by atoms with Gasteiger partial charge in [0.15, 0.2) is 0 Å². The fraction of sp³-hybridized carbons (Fsp3) is 0.316. The van der Waals surface area contributed by atoms with Crippen LogP contribution in [0.1, 0.15) is 18.9 Å². The number of fused-ring (bicyclic) bond motifs is 2. The number of aromatic nitrogens is 4. The van der Waals surface area contributed by atoms with Crippen LogP contribution >= 0.6 is 0 Å². The van der Waals surface area contributed by atoms with Crippen molar-refractivity contribution in [2.24, 2.45) is 0 Å². The molecule has 3 aromatic heterocycles. The molecule has 0 radical (unpaired) electrons. The van der Waals surface area contributed by atoms with Crippen LogP contribution in [0.2, 0.25) is 0 Å². The van der Waals surface area contributed by atoms with Crippen molar-refractivity contribution >= 4 is 33.2 Å². The highest BCUT2D eigenvalue weighted by atomic mass is 19.1. The van der Waals surface area contributed by atoms with Crippen LogP contribution in [0.4, 0.5) is 24.5 Å². The molecule has 0 unspecified atom stereocenters. The Balaban J connectivity index is 1.17. The molecule has 0 spiro atoms. The van der Waals surface area contributed by atoms with Crippen LogP contribution in [-0.2, 0) is 0 Å². The van der Waals surface area contributed by atoms with E-state index in [4.69, 9.17) is 4.42 Å². The molecule has 3 fully saturated rings. The number of hydrogen-bond acceptors (Lipinski definition) is 9. The number of anilines is 2. The third kappa shape index (κ3) is 5.62. The quantitative estimate of drug-likeness (QED) is 0.258. The zero-order chi connectivity index (χ0) is 35.7. The normalized spacial score (nSPS) is 17.1. The van der Waals surface area contributed by atoms with Crippen molar-refractivity contribution in [3.63, 3.8) is 0 Å². The van der Waals surface area contributed by atoms with Gasteiger partial charge in [0, 0.05) is 87.3 Å². The molecule has 11 nitrogen and oxygen atoms in total. The van der Waals surface area contributed by atoms with Gasteiger partial charge in [-0.15, -0.1) is 10.2 Å². The second-order valence-corrected chi connectivity index (χ2v) is 13.8. The van der Waals surface area contributed by atoms with Crippen LogP contribution in [0.25, 0.3) is 50.4 Å². The number of hydrogen-bond donors (Lipinski definition) is 1. The van der Waals surface area contributed by atoms with Crippen LogP contribution in [0, 0.1) is 17.5 Å². The number of halogens is 3. The number of likely N-dealkylation sites (N-methyl/N-ethyl adjacent to an activating group) is 1. The van der Waals surface area contributed by atoms with Gasteiger partial charge in [-0.2, -0.15) is 0 Å². The second kappa shape index (κ2) is 12.6. The van der Waals surface area contributed by atoms with Crippen molar-refractivity contribution in [1.29, 1.82) is 0 Å². The molecule has 0 atom stereocenters. The Morgan fingerprint density at radius 2 is 1.27 bits per heavy atom. The molecular weight excluding hydrogens is 673 g/mol. The van der Waals surface area contributed by atoms with Gasteiger partial charge in [-0.3, -0.25) is 9.59 Å². The molecule has 0 bridgehead atoms. The van der Waals surface area contributed by atoms with E-state index in [2.05, 4.69) is 20.4 Å². The molecule has 3 aromatic carbocycles. The third-order valence-corrected chi connectivity index (χ3v) is 10.4. The van der Waals surface area contributed by atoms with Crippen molar-refractivity contribution in [1.82, 2.24) is 29.5 Å². The van der Waals surface area contributed by atoms with Crippen molar-refractivity contribution in [2.45, 2.75) is 18.9 Å². The van der Waals surface area contributed by atoms with Gasteiger partial charge in [-0.25, -0.2) is 13.2 Å². The summed E-state index contributed by atoms with van der Waals surface area (Å²) in [5, 5.41) is 11.9. The predicted octanol–water partition coefficient (Wildman–Crippen LogP) is 4.94. The van der Waals surface area contributed by atoms with Crippen molar-refractivity contribution < 1.29 is 17.6 Å². The number of piperazine rings is 2. The van der Waals surface area contributed by atoms with Crippen molar-refractivity contribution in [3.8, 4) is 28.6 Å². The van der Waals surface area contributed by atoms with E-state index in [-0.39, 0.29) is 39.7 Å². The minimum Gasteiger partial charge on any atom is -0.416 e. The van der Waals surface area contributed by atoms with E-state index in [1.54, 1.807) is 35.0 Å². The van der Waals surface area contributed by atoms with Crippen LogP contribution in [-0.4, -0.2) is 83.6 Å². The molecule has 1 N–H and O–H groups in total. The van der Waals surface area contributed by atoms with Crippen LogP contribution < -0.4 is 26.0 Å². The molecule has 5 heterocycles. The Labute approximate surface area is 295 Å². The Morgan fingerprint density at radius 3 is 1.88 bits per heavy atom. The Hall–Kier alpha value is -5.47. The minimum atomic E-state index is -0.552. The first kappa shape index (κ1) is 32.4. The SMILES string of the molecule is CN1CCN(c2cc3c(cc2F)c(=O)c(-c2nnc(-c4cn(C5CC5)c5cc(N6CCNCC6)c(F)cc5c4=O)o2)cn3-c2ccc(F)cc2)CC1. The van der Waals surface area contributed by atoms with Gasteiger partial charge < -0.3 is 33.6 Å². The molecule has 1 saturated carbocycles. The molecule has 9 rings (SSSR count). The molecule has 2 saturated heterocycles. The van der Waals surface area contributed by atoms with Gasteiger partial charge in [0.25, 0.3) is 11.8 Å². The lowest BCUT2D eigenvalue weighted by Gasteiger charge is -2.34. The zero-order valence-electron chi connectivity index (χ0n) is 28.4. The van der Waals surface area contributed by atoms with E-state index in [1.807, 2.05) is 21.4 Å². The van der Waals surface area contributed by atoms with Gasteiger partial charge >= 0.3 is 0 Å². The van der Waals surface area contributed by atoms with E-state index < -0.39 is 28.3 Å². The topological polar surface area (TPSA) is 105 Å². The summed E-state index contributed by atoms with van der Waals surface area (Å²) in [7, 11) is 2.01. The van der Waals surface area contributed by atoms with Gasteiger partial charge in [-0.1, -0.05) is 0 Å². The smallest absolute Gasteiger partial charge is 0.253 e. The van der Waals surface area contributed by atoms with E-state index in [0.717, 1.165) is 39.0 Å². The third-order valence-electron chi connectivity index (χ3n) is 10.4. The average molecular weight is 709 g/mol. The second-order valence-electron chi connectivity index (χ2n) is 13.8. The highest BCUT2D eigenvalue weighted by molar-refractivity contribution is 5.89. The summed E-state index contributed by atoms with van der Waals surface area (Å²) in [5.74, 6) is -1.79. The lowest BCUT2D eigenvalue weighted by molar-refractivity contribution is 0.312. The van der Waals surface area contributed by atoms with Crippen molar-refractivity contribution in [2.75, 3.05) is 69.2 Å². The average Bonchev–Trinajstić information content (AvgIpc) is 3.89. The number of nitrogens with zero attached hydrogens (tertiary/aromatic N) is 7. The lowest BCUT2D eigenvalue weighted by Crippen LogP contribution is -2.44. The van der Waals surface area contributed by atoms with Gasteiger partial charge in [0.1, 0.15) is 28.6 Å². The van der Waals surface area contributed by atoms with Crippen LogP contribution in [0.5, 0.6) is 0 Å². The summed E-state index contributed by atoms with van der Waals surface area (Å²) < 4.78 is 55.1. The van der Waals surface area contributed by atoms with Crippen LogP contribution in [0.3, 0.4) is 0 Å². The Morgan fingerprint density at radius 1 is 0.712 bits per heavy atom. The predicted molar refractivity (Wildman–Crippen MR) is 193 cm³/mol. The van der Waals surface area contributed by atoms with E-state index in [9.17, 15) is 14.0 Å². The Kier molecular flexibility index (Phi) is 7.88. The molecule has 52 heavy (non-hydrogen) atoms. The monoisotopic (exact) mass is 708 g/mol. The first-order valence-corrected chi connectivity index (χ1v) is 17.5. The maximum absolute atomic E-state index is 15.8. The zero-order valence-corrected chi connectivity index (χ0v) is 28.4. The number of pyridine rings is 2. The number of rotatable bonds is 6. The van der Waals surface area contributed by atoms with E-state index in [1.165, 1.54) is 30.5 Å². The standard InChI is InChI=1S/C38H35F3N8O3/c1-45-12-14-47(15-13-45)34-19-32-26(17-30(34)41)36(51)27(20-48(32)23-4-2-22(39)3-5-23)37-43-44-38(52-37)28-21-49(24-6-7-24)31-18-33(46-10-8-42-9-11-46)29(40)16-25(31)35(28)50/h2-5,16-21,24,42H,6-15H2,1H3. The molecule has 2 aliphatic heterocycles. The lowest BCUT2D eigenvalue weighted by atomic mass is 10.1. The number of benzene rings is 3. The molecule has 14 heteroatoms. The highest BCUT2D eigenvalue weighted by Crippen LogP contribution is 2.39. The largest absolute Gasteiger partial charge is 0.416 e. The molecular formula is C38H35F3N8O3. The molecule has 266 valence electrons. The summed E-state index contributed by atoms with van der Waals surface area (Å²) >= 11 is 0. The molecule has 0 amide bonds. The summed E-state index contributed by atoms with van der Waals surface area (Å²) in [6, 6.07) is 11.7. The molecule has 1 aliphatic carbocycles. The fourth-order valence-electron chi connectivity index (χ4n) is 7.35. The number of nitrogens with one attached hydrogen (secondary N) is 1. The molecule has 3 aliphatic rings. The maximum atomic E-state index is 15.8. The maximum Gasteiger partial charge on any atom is 0.253 e. The first-order chi connectivity index (χ1) is 25.2. The van der Waals surface area contributed by atoms with Crippen molar-refractivity contribution in [3.05, 3.63) is 98.8 Å².